The van der Waals surface area contributed by atoms with Crippen molar-refractivity contribution in [2.24, 2.45) is 5.92 Å². The van der Waals surface area contributed by atoms with Crippen molar-refractivity contribution in [1.82, 2.24) is 5.32 Å². The maximum absolute atomic E-state index is 13.3. The Morgan fingerprint density at radius 3 is 2.22 bits per heavy atom. The van der Waals surface area contributed by atoms with Crippen molar-refractivity contribution < 1.29 is 13.2 Å². The van der Waals surface area contributed by atoms with Gasteiger partial charge in [0.15, 0.2) is 0 Å². The van der Waals surface area contributed by atoms with E-state index in [1.54, 1.807) is 42.5 Å². The quantitative estimate of drug-likeness (QED) is 0.787. The lowest BCUT2D eigenvalue weighted by molar-refractivity contribution is -0.120. The second kappa shape index (κ2) is 8.57. The van der Waals surface area contributed by atoms with E-state index < -0.39 is 10.0 Å². The number of rotatable bonds is 7. The number of nitrogens with zero attached hydrogens (tertiary/aromatic N) is 1. The number of hydrogen-bond donors (Lipinski definition) is 1. The molecule has 2 aromatic rings. The van der Waals surface area contributed by atoms with Gasteiger partial charge in [-0.05, 0) is 56.0 Å². The molecule has 1 unspecified atom stereocenters. The van der Waals surface area contributed by atoms with E-state index in [1.165, 1.54) is 4.31 Å². The first-order valence-corrected chi connectivity index (χ1v) is 10.5. The third-order valence-corrected chi connectivity index (χ3v) is 6.63. The van der Waals surface area contributed by atoms with Gasteiger partial charge in [-0.15, -0.1) is 0 Å². The van der Waals surface area contributed by atoms with E-state index in [1.807, 2.05) is 40.7 Å². The van der Waals surface area contributed by atoms with Crippen LogP contribution in [0.5, 0.6) is 0 Å². The lowest BCUT2D eigenvalue weighted by Crippen LogP contribution is -2.45. The van der Waals surface area contributed by atoms with Crippen molar-refractivity contribution in [2.75, 3.05) is 10.8 Å². The SMILES string of the molecule is Cc1cccc(N(CC(=O)NC(C)C(C)C)S(=O)(=O)c2ccccc2)c1C. The van der Waals surface area contributed by atoms with Crippen LogP contribution in [0, 0.1) is 19.8 Å². The highest BCUT2D eigenvalue weighted by molar-refractivity contribution is 7.92. The van der Waals surface area contributed by atoms with Crippen LogP contribution in [-0.2, 0) is 14.8 Å². The number of aryl methyl sites for hydroxylation is 1. The molecule has 0 saturated carbocycles. The van der Waals surface area contributed by atoms with Gasteiger partial charge in [-0.2, -0.15) is 0 Å². The molecule has 0 heterocycles. The van der Waals surface area contributed by atoms with Crippen LogP contribution < -0.4 is 9.62 Å². The largest absolute Gasteiger partial charge is 0.352 e. The summed E-state index contributed by atoms with van der Waals surface area (Å²) in [4.78, 5) is 12.8. The standard InChI is InChI=1S/C21H28N2O3S/c1-15(2)18(5)22-21(24)14-23(20-13-9-10-16(3)17(20)4)27(25,26)19-11-7-6-8-12-19/h6-13,15,18H,14H2,1-5H3,(H,22,24). The summed E-state index contributed by atoms with van der Waals surface area (Å²) >= 11 is 0. The maximum Gasteiger partial charge on any atom is 0.264 e. The van der Waals surface area contributed by atoms with Gasteiger partial charge >= 0.3 is 0 Å². The van der Waals surface area contributed by atoms with Gasteiger partial charge < -0.3 is 5.32 Å². The predicted octanol–water partition coefficient (Wildman–Crippen LogP) is 3.66. The number of benzene rings is 2. The Morgan fingerprint density at radius 1 is 1.00 bits per heavy atom. The van der Waals surface area contributed by atoms with Gasteiger partial charge in [-0.3, -0.25) is 9.10 Å². The van der Waals surface area contributed by atoms with Crippen molar-refractivity contribution in [3.05, 3.63) is 59.7 Å². The average molecular weight is 389 g/mol. The van der Waals surface area contributed by atoms with Crippen molar-refractivity contribution in [1.29, 1.82) is 0 Å². The summed E-state index contributed by atoms with van der Waals surface area (Å²) in [6, 6.07) is 13.6. The molecule has 6 heteroatoms. The van der Waals surface area contributed by atoms with E-state index in [4.69, 9.17) is 0 Å². The lowest BCUT2D eigenvalue weighted by atomic mass is 10.1. The molecule has 0 saturated heterocycles. The van der Waals surface area contributed by atoms with Crippen LogP contribution in [0.2, 0.25) is 0 Å². The first kappa shape index (κ1) is 21.0. The highest BCUT2D eigenvalue weighted by Crippen LogP contribution is 2.28. The molecular weight excluding hydrogens is 360 g/mol. The molecule has 0 spiro atoms. The molecule has 5 nitrogen and oxygen atoms in total. The van der Waals surface area contributed by atoms with Crippen LogP contribution in [0.3, 0.4) is 0 Å². The van der Waals surface area contributed by atoms with E-state index in [2.05, 4.69) is 5.32 Å². The molecule has 2 rings (SSSR count). The van der Waals surface area contributed by atoms with E-state index in [-0.39, 0.29) is 29.3 Å². The maximum atomic E-state index is 13.3. The minimum atomic E-state index is -3.87. The summed E-state index contributed by atoms with van der Waals surface area (Å²) in [5, 5.41) is 2.89. The average Bonchev–Trinajstić information content (AvgIpc) is 2.63. The number of hydrogen-bond acceptors (Lipinski definition) is 3. The van der Waals surface area contributed by atoms with Crippen molar-refractivity contribution in [3.8, 4) is 0 Å². The molecular formula is C21H28N2O3S. The van der Waals surface area contributed by atoms with Gasteiger partial charge in [0.1, 0.15) is 6.54 Å². The molecule has 1 amide bonds. The second-order valence-corrected chi connectivity index (χ2v) is 9.01. The molecule has 0 aliphatic rings. The number of nitrogens with one attached hydrogen (secondary N) is 1. The van der Waals surface area contributed by atoms with Crippen LogP contribution in [0.15, 0.2) is 53.4 Å². The second-order valence-electron chi connectivity index (χ2n) is 7.14. The Balaban J connectivity index is 2.47. The molecule has 0 aliphatic heterocycles. The van der Waals surface area contributed by atoms with Crippen LogP contribution in [0.1, 0.15) is 31.9 Å². The summed E-state index contributed by atoms with van der Waals surface area (Å²) in [5.41, 5.74) is 2.32. The molecule has 146 valence electrons. The van der Waals surface area contributed by atoms with E-state index in [9.17, 15) is 13.2 Å². The molecule has 1 atom stereocenters. The molecule has 27 heavy (non-hydrogen) atoms. The smallest absolute Gasteiger partial charge is 0.264 e. The lowest BCUT2D eigenvalue weighted by Gasteiger charge is -2.27. The Morgan fingerprint density at radius 2 is 1.63 bits per heavy atom. The van der Waals surface area contributed by atoms with E-state index >= 15 is 0 Å². The van der Waals surface area contributed by atoms with Gasteiger partial charge in [0.25, 0.3) is 10.0 Å². The van der Waals surface area contributed by atoms with Gasteiger partial charge in [0, 0.05) is 6.04 Å². The zero-order valence-corrected chi connectivity index (χ0v) is 17.4. The summed E-state index contributed by atoms with van der Waals surface area (Å²) in [7, 11) is -3.87. The fourth-order valence-corrected chi connectivity index (χ4v) is 4.12. The Kier molecular flexibility index (Phi) is 6.65. The molecule has 0 bridgehead atoms. The summed E-state index contributed by atoms with van der Waals surface area (Å²) in [5.74, 6) is -0.0644. The van der Waals surface area contributed by atoms with E-state index in [0.717, 1.165) is 11.1 Å². The number of amides is 1. The molecule has 0 aliphatic carbocycles. The van der Waals surface area contributed by atoms with Crippen LogP contribution in [0.4, 0.5) is 5.69 Å². The van der Waals surface area contributed by atoms with Gasteiger partial charge in [0.05, 0.1) is 10.6 Å². The summed E-state index contributed by atoms with van der Waals surface area (Å²) in [6.45, 7) is 9.46. The van der Waals surface area contributed by atoms with Crippen molar-refractivity contribution in [3.63, 3.8) is 0 Å². The topological polar surface area (TPSA) is 66.5 Å². The van der Waals surface area contributed by atoms with E-state index in [0.29, 0.717) is 5.69 Å². The number of carbonyl (C=O) groups excluding carboxylic acids is 1. The fourth-order valence-electron chi connectivity index (χ4n) is 2.62. The van der Waals surface area contributed by atoms with Crippen LogP contribution in [-0.4, -0.2) is 26.9 Å². The highest BCUT2D eigenvalue weighted by atomic mass is 32.2. The minimum Gasteiger partial charge on any atom is -0.352 e. The summed E-state index contributed by atoms with van der Waals surface area (Å²) in [6.07, 6.45) is 0. The highest BCUT2D eigenvalue weighted by Gasteiger charge is 2.28. The predicted molar refractivity (Wildman–Crippen MR) is 109 cm³/mol. The molecule has 2 aromatic carbocycles. The van der Waals surface area contributed by atoms with Gasteiger partial charge in [-0.1, -0.05) is 44.2 Å². The third-order valence-electron chi connectivity index (χ3n) is 4.85. The van der Waals surface area contributed by atoms with Gasteiger partial charge in [0.2, 0.25) is 5.91 Å². The Hall–Kier alpha value is -2.34. The number of sulfonamides is 1. The first-order valence-electron chi connectivity index (χ1n) is 9.08. The van der Waals surface area contributed by atoms with Crippen LogP contribution in [0.25, 0.3) is 0 Å². The monoisotopic (exact) mass is 388 g/mol. The minimum absolute atomic E-state index is 0.0441. The fraction of sp³-hybridized carbons (Fsp3) is 0.381. The zero-order valence-electron chi connectivity index (χ0n) is 16.6. The van der Waals surface area contributed by atoms with Crippen molar-refractivity contribution >= 4 is 21.6 Å². The van der Waals surface area contributed by atoms with Crippen LogP contribution >= 0.6 is 0 Å². The third kappa shape index (κ3) is 4.89. The Bertz CT molecular complexity index is 893. The normalized spacial score (nSPS) is 12.7. The molecule has 0 radical (unpaired) electrons. The molecule has 0 fully saturated rings. The number of carbonyl (C=O) groups is 1. The van der Waals surface area contributed by atoms with Crippen molar-refractivity contribution in [2.45, 2.75) is 45.6 Å². The first-order chi connectivity index (χ1) is 12.6. The summed E-state index contributed by atoms with van der Waals surface area (Å²) < 4.78 is 27.8. The molecule has 0 aromatic heterocycles. The number of anilines is 1. The zero-order chi connectivity index (χ0) is 20.2. The van der Waals surface area contributed by atoms with Gasteiger partial charge in [-0.25, -0.2) is 8.42 Å². The molecule has 1 N–H and O–H groups in total. The Labute approximate surface area is 162 Å².